The molecule has 3 aliphatic heterocycles. The van der Waals surface area contributed by atoms with E-state index in [0.29, 0.717) is 0 Å². The van der Waals surface area contributed by atoms with Gasteiger partial charge in [-0.15, -0.1) is 0 Å². The summed E-state index contributed by atoms with van der Waals surface area (Å²) in [7, 11) is 0. The highest BCUT2D eigenvalue weighted by Gasteiger charge is 2.49. The lowest BCUT2D eigenvalue weighted by atomic mass is 9.62. The lowest BCUT2D eigenvalue weighted by Gasteiger charge is -2.47. The van der Waals surface area contributed by atoms with Gasteiger partial charge < -0.3 is 19.3 Å². The topological polar surface area (TPSA) is 24.9 Å². The first-order chi connectivity index (χ1) is 36.7. The molecule has 3 heterocycles. The Morgan fingerprint density at radius 2 is 0.662 bits per heavy atom. The maximum absolute atomic E-state index is 7.27. The van der Waals surface area contributed by atoms with Crippen molar-refractivity contribution in [2.75, 3.05) is 9.80 Å². The van der Waals surface area contributed by atoms with Crippen LogP contribution in [0.1, 0.15) is 44.5 Å². The SMILES string of the molecule is c1ccc(C2(c3ccccc3)c3cc(N4c5ccccc5Oc5ccc6ccccc6c54)ccc3Oc3ccc(N4c5ccccc5C(c5ccccc5)(c5ccccc5)c5ccc6ccccc6c54)cc32)cc1. The third-order valence-electron chi connectivity index (χ3n) is 15.8. The highest BCUT2D eigenvalue weighted by atomic mass is 16.5. The second kappa shape index (κ2) is 16.5. The number of rotatable bonds is 6. The van der Waals surface area contributed by atoms with Crippen molar-refractivity contribution < 1.29 is 9.47 Å². The van der Waals surface area contributed by atoms with Crippen LogP contribution in [0.25, 0.3) is 21.5 Å². The first kappa shape index (κ1) is 42.1. The molecule has 0 atom stereocenters. The third-order valence-corrected chi connectivity index (χ3v) is 15.8. The van der Waals surface area contributed by atoms with E-state index in [-0.39, 0.29) is 0 Å². The molecule has 74 heavy (non-hydrogen) atoms. The zero-order valence-electron chi connectivity index (χ0n) is 40.3. The fourth-order valence-corrected chi connectivity index (χ4v) is 12.8. The van der Waals surface area contributed by atoms with Crippen molar-refractivity contribution in [1.82, 2.24) is 0 Å². The fraction of sp³-hybridized carbons (Fsp3) is 0.0286. The minimum atomic E-state index is -0.848. The van der Waals surface area contributed by atoms with Crippen molar-refractivity contribution in [3.05, 3.63) is 324 Å². The molecule has 0 aliphatic carbocycles. The zero-order valence-corrected chi connectivity index (χ0v) is 40.3. The van der Waals surface area contributed by atoms with Crippen LogP contribution in [-0.4, -0.2) is 0 Å². The Labute approximate surface area is 430 Å². The number of benzene rings is 12. The Kier molecular flexibility index (Phi) is 9.36. The summed E-state index contributed by atoms with van der Waals surface area (Å²) in [6, 6.07) is 101. The molecule has 3 aliphatic rings. The molecule has 4 heteroatoms. The number of fused-ring (bicyclic) bond motifs is 10. The molecule has 0 radical (unpaired) electrons. The molecule has 0 saturated carbocycles. The first-order valence-electron chi connectivity index (χ1n) is 25.4. The standard InChI is InChI=1S/C70H46N2O2/c1-5-23-49(24-6-1)69(50-25-7-2-8-26-50)57-33-17-18-34-61(57)71(67-55-31-15-13-21-47(55)37-41-58(67)69)53-39-43-63-59(45-53)70(51-27-9-3-10-28-51,52-29-11-4-12-30-52)60-46-54(40-44-64(60)73-63)72-62-35-19-20-36-65(62)74-66-42-38-48-22-14-16-32-56(48)68(66)72/h1-46H. The predicted molar refractivity (Wildman–Crippen MR) is 301 cm³/mol. The molecule has 0 bridgehead atoms. The fourth-order valence-electron chi connectivity index (χ4n) is 12.8. The minimum Gasteiger partial charge on any atom is -0.457 e. The lowest BCUT2D eigenvalue weighted by molar-refractivity contribution is 0.434. The predicted octanol–water partition coefficient (Wildman–Crippen LogP) is 18.2. The van der Waals surface area contributed by atoms with Gasteiger partial charge in [0, 0.05) is 33.3 Å². The molecule has 12 aromatic rings. The lowest BCUT2D eigenvalue weighted by Crippen LogP contribution is -2.38. The number of hydrogen-bond donors (Lipinski definition) is 0. The van der Waals surface area contributed by atoms with Crippen LogP contribution in [0.2, 0.25) is 0 Å². The van der Waals surface area contributed by atoms with E-state index in [1.54, 1.807) is 0 Å². The van der Waals surface area contributed by atoms with Crippen molar-refractivity contribution in [1.29, 1.82) is 0 Å². The van der Waals surface area contributed by atoms with E-state index in [9.17, 15) is 0 Å². The normalized spacial score (nSPS) is 14.3. The number of ether oxygens (including phenoxy) is 2. The Hall–Kier alpha value is -9.64. The van der Waals surface area contributed by atoms with Crippen LogP contribution < -0.4 is 19.3 Å². The maximum Gasteiger partial charge on any atom is 0.152 e. The van der Waals surface area contributed by atoms with Crippen LogP contribution in [-0.2, 0) is 10.8 Å². The molecule has 0 spiro atoms. The first-order valence-corrected chi connectivity index (χ1v) is 25.4. The van der Waals surface area contributed by atoms with E-state index in [2.05, 4.69) is 283 Å². The van der Waals surface area contributed by atoms with E-state index >= 15 is 0 Å². The summed E-state index contributed by atoms with van der Waals surface area (Å²) >= 11 is 0. The van der Waals surface area contributed by atoms with Crippen molar-refractivity contribution in [2.24, 2.45) is 0 Å². The van der Waals surface area contributed by atoms with E-state index in [0.717, 1.165) is 90.1 Å². The Balaban J connectivity index is 1.02. The van der Waals surface area contributed by atoms with Crippen LogP contribution in [0.5, 0.6) is 23.0 Å². The van der Waals surface area contributed by atoms with Crippen LogP contribution in [0.3, 0.4) is 0 Å². The second-order valence-electron chi connectivity index (χ2n) is 19.5. The van der Waals surface area contributed by atoms with Gasteiger partial charge >= 0.3 is 0 Å². The van der Waals surface area contributed by atoms with Crippen LogP contribution in [0.15, 0.2) is 279 Å². The summed E-state index contributed by atoms with van der Waals surface area (Å²) in [5.41, 5.74) is 14.0. The molecular formula is C70H46N2O2. The van der Waals surface area contributed by atoms with Crippen molar-refractivity contribution in [2.45, 2.75) is 10.8 Å². The summed E-state index contributed by atoms with van der Waals surface area (Å²) in [6.07, 6.45) is 0. The largest absolute Gasteiger partial charge is 0.457 e. The molecule has 0 saturated heterocycles. The van der Waals surface area contributed by atoms with Gasteiger partial charge in [-0.25, -0.2) is 0 Å². The molecule has 348 valence electrons. The molecule has 0 N–H and O–H groups in total. The van der Waals surface area contributed by atoms with E-state index in [4.69, 9.17) is 9.47 Å². The average molecular weight is 947 g/mol. The third kappa shape index (κ3) is 5.97. The van der Waals surface area contributed by atoms with E-state index in [1.807, 2.05) is 6.07 Å². The van der Waals surface area contributed by atoms with Gasteiger partial charge in [0.25, 0.3) is 0 Å². The average Bonchev–Trinajstić information content (AvgIpc) is 3.54. The maximum atomic E-state index is 7.27. The molecule has 0 aromatic heterocycles. The van der Waals surface area contributed by atoms with E-state index < -0.39 is 10.8 Å². The molecule has 0 fully saturated rings. The number of anilines is 6. The Morgan fingerprint density at radius 3 is 1.23 bits per heavy atom. The van der Waals surface area contributed by atoms with Crippen LogP contribution in [0.4, 0.5) is 34.1 Å². The van der Waals surface area contributed by atoms with Gasteiger partial charge in [-0.1, -0.05) is 218 Å². The van der Waals surface area contributed by atoms with Crippen molar-refractivity contribution in [3.63, 3.8) is 0 Å². The molecular weight excluding hydrogens is 901 g/mol. The van der Waals surface area contributed by atoms with Gasteiger partial charge in [0.15, 0.2) is 11.5 Å². The summed E-state index contributed by atoms with van der Waals surface area (Å²) < 4.78 is 14.0. The van der Waals surface area contributed by atoms with Gasteiger partial charge in [-0.3, -0.25) is 0 Å². The summed E-state index contributed by atoms with van der Waals surface area (Å²) in [5, 5.41) is 4.60. The Bertz CT molecular complexity index is 4080. The van der Waals surface area contributed by atoms with Crippen molar-refractivity contribution >= 4 is 55.7 Å². The summed E-state index contributed by atoms with van der Waals surface area (Å²) in [5.74, 6) is 3.22. The molecule has 12 aromatic carbocycles. The molecule has 4 nitrogen and oxygen atoms in total. The molecule has 0 unspecified atom stereocenters. The van der Waals surface area contributed by atoms with Gasteiger partial charge in [0.2, 0.25) is 0 Å². The van der Waals surface area contributed by atoms with E-state index in [1.165, 1.54) is 33.0 Å². The second-order valence-corrected chi connectivity index (χ2v) is 19.5. The van der Waals surface area contributed by atoms with Crippen LogP contribution >= 0.6 is 0 Å². The highest BCUT2D eigenvalue weighted by molar-refractivity contribution is 6.06. The smallest absolute Gasteiger partial charge is 0.152 e. The minimum absolute atomic E-state index is 0.637. The number of hydrogen-bond acceptors (Lipinski definition) is 4. The summed E-state index contributed by atoms with van der Waals surface area (Å²) in [6.45, 7) is 0. The highest BCUT2D eigenvalue weighted by Crippen LogP contribution is 2.63. The monoisotopic (exact) mass is 946 g/mol. The molecule has 0 amide bonds. The van der Waals surface area contributed by atoms with Gasteiger partial charge in [0.05, 0.1) is 33.6 Å². The van der Waals surface area contributed by atoms with Crippen molar-refractivity contribution in [3.8, 4) is 23.0 Å². The molecule has 15 rings (SSSR count). The quantitative estimate of drug-likeness (QED) is 0.166. The number of para-hydroxylation sites is 3. The van der Waals surface area contributed by atoms with Gasteiger partial charge in [-0.05, 0) is 105 Å². The van der Waals surface area contributed by atoms with Gasteiger partial charge in [-0.2, -0.15) is 0 Å². The van der Waals surface area contributed by atoms with Gasteiger partial charge in [0.1, 0.15) is 11.5 Å². The zero-order chi connectivity index (χ0) is 48.8. The number of nitrogens with zero attached hydrogens (tertiary/aromatic N) is 2. The summed E-state index contributed by atoms with van der Waals surface area (Å²) in [4.78, 5) is 4.90. The Morgan fingerprint density at radius 1 is 0.257 bits per heavy atom. The van der Waals surface area contributed by atoms with Crippen LogP contribution in [0, 0.1) is 0 Å².